The normalized spacial score (nSPS) is 15.3. The number of piperidine rings is 1. The van der Waals surface area contributed by atoms with Gasteiger partial charge in [0.2, 0.25) is 5.95 Å². The van der Waals surface area contributed by atoms with Crippen LogP contribution in [0.25, 0.3) is 0 Å². The minimum absolute atomic E-state index is 0.656. The van der Waals surface area contributed by atoms with Gasteiger partial charge in [0.1, 0.15) is 5.82 Å². The van der Waals surface area contributed by atoms with Gasteiger partial charge in [0.05, 0.1) is 0 Å². The van der Waals surface area contributed by atoms with Crippen LogP contribution in [0.5, 0.6) is 0 Å². The second-order valence-corrected chi connectivity index (χ2v) is 5.99. The van der Waals surface area contributed by atoms with Crippen molar-refractivity contribution in [3.05, 3.63) is 42.1 Å². The monoisotopic (exact) mass is 311 g/mol. The molecule has 0 spiro atoms. The lowest BCUT2D eigenvalue weighted by molar-refractivity contribution is 0.389. The lowest BCUT2D eigenvalue weighted by atomic mass is 9.98. The van der Waals surface area contributed by atoms with Crippen LogP contribution in [-0.2, 0) is 6.42 Å². The highest BCUT2D eigenvalue weighted by molar-refractivity contribution is 5.55. The Kier molecular flexibility index (Phi) is 5.42. The summed E-state index contributed by atoms with van der Waals surface area (Å²) in [5.74, 6) is 2.29. The second kappa shape index (κ2) is 7.92. The van der Waals surface area contributed by atoms with Crippen LogP contribution in [0.2, 0.25) is 0 Å². The number of anilines is 3. The Morgan fingerprint density at radius 2 is 1.91 bits per heavy atom. The highest BCUT2D eigenvalue weighted by atomic mass is 15.1. The summed E-state index contributed by atoms with van der Waals surface area (Å²) in [5, 5.41) is 10.2. The maximum Gasteiger partial charge on any atom is 0.229 e. The summed E-state index contributed by atoms with van der Waals surface area (Å²) < 4.78 is 0. The first-order valence-corrected chi connectivity index (χ1v) is 8.48. The second-order valence-electron chi connectivity index (χ2n) is 5.99. The molecule has 0 saturated carbocycles. The molecule has 1 aromatic carbocycles. The molecule has 0 aliphatic carbocycles. The molecular weight excluding hydrogens is 286 g/mol. The molecule has 3 N–H and O–H groups in total. The molecule has 1 aromatic heterocycles. The Morgan fingerprint density at radius 3 is 2.65 bits per heavy atom. The Balaban J connectivity index is 1.68. The van der Waals surface area contributed by atoms with Crippen LogP contribution in [0.3, 0.4) is 0 Å². The number of hydrogen-bond donors (Lipinski definition) is 3. The topological polar surface area (TPSA) is 61.9 Å². The zero-order chi connectivity index (χ0) is 15.9. The Hall–Kier alpha value is -2.14. The van der Waals surface area contributed by atoms with E-state index in [0.29, 0.717) is 5.95 Å². The van der Waals surface area contributed by atoms with E-state index in [1.54, 1.807) is 0 Å². The number of benzene rings is 1. The van der Waals surface area contributed by atoms with Gasteiger partial charge in [-0.05, 0) is 50.4 Å². The smallest absolute Gasteiger partial charge is 0.229 e. The molecule has 0 bridgehead atoms. The van der Waals surface area contributed by atoms with Gasteiger partial charge >= 0.3 is 0 Å². The van der Waals surface area contributed by atoms with Gasteiger partial charge < -0.3 is 16.0 Å². The molecule has 1 aliphatic heterocycles. The van der Waals surface area contributed by atoms with E-state index in [0.717, 1.165) is 49.2 Å². The fraction of sp³-hybridized carbons (Fsp3) is 0.444. The molecule has 2 aromatic rings. The van der Waals surface area contributed by atoms with Crippen molar-refractivity contribution in [2.45, 2.75) is 26.2 Å². The maximum absolute atomic E-state index is 4.61. The Labute approximate surface area is 137 Å². The van der Waals surface area contributed by atoms with E-state index in [9.17, 15) is 0 Å². The standard InChI is InChI=1S/C18H25N5/c1-2-15-12-17(20-13-14-8-10-19-11-9-14)23-18(21-15)22-16-6-4-3-5-7-16/h3-7,12,14,19H,2,8-11,13H2,1H3,(H2,20,21,22,23). The van der Waals surface area contributed by atoms with E-state index >= 15 is 0 Å². The van der Waals surface area contributed by atoms with Gasteiger partial charge in [0, 0.05) is 24.0 Å². The first-order chi connectivity index (χ1) is 11.3. The SMILES string of the molecule is CCc1cc(NCC2CCNCC2)nc(Nc2ccccc2)n1. The first kappa shape index (κ1) is 15.7. The third-order valence-corrected chi connectivity index (χ3v) is 4.20. The van der Waals surface area contributed by atoms with Crippen LogP contribution in [0.4, 0.5) is 17.5 Å². The number of hydrogen-bond acceptors (Lipinski definition) is 5. The highest BCUT2D eigenvalue weighted by Crippen LogP contribution is 2.17. The van der Waals surface area contributed by atoms with Gasteiger partial charge in [0.25, 0.3) is 0 Å². The Bertz CT molecular complexity index is 608. The van der Waals surface area contributed by atoms with E-state index in [2.05, 4.69) is 38.9 Å². The zero-order valence-electron chi connectivity index (χ0n) is 13.7. The summed E-state index contributed by atoms with van der Waals surface area (Å²) >= 11 is 0. The van der Waals surface area contributed by atoms with E-state index < -0.39 is 0 Å². The molecule has 1 saturated heterocycles. The lowest BCUT2D eigenvalue weighted by Gasteiger charge is -2.23. The van der Waals surface area contributed by atoms with Crippen LogP contribution in [0.15, 0.2) is 36.4 Å². The van der Waals surface area contributed by atoms with Gasteiger partial charge in [-0.3, -0.25) is 0 Å². The van der Waals surface area contributed by atoms with Gasteiger partial charge in [-0.1, -0.05) is 25.1 Å². The summed E-state index contributed by atoms with van der Waals surface area (Å²) in [6, 6.07) is 12.1. The van der Waals surface area contributed by atoms with Crippen molar-refractivity contribution in [2.75, 3.05) is 30.3 Å². The molecule has 5 heteroatoms. The highest BCUT2D eigenvalue weighted by Gasteiger charge is 2.13. The van der Waals surface area contributed by atoms with Crippen LogP contribution in [-0.4, -0.2) is 29.6 Å². The quantitative estimate of drug-likeness (QED) is 0.765. The van der Waals surface area contributed by atoms with E-state index in [1.165, 1.54) is 12.8 Å². The van der Waals surface area contributed by atoms with Crippen LogP contribution in [0.1, 0.15) is 25.5 Å². The van der Waals surface area contributed by atoms with Crippen molar-refractivity contribution in [2.24, 2.45) is 5.92 Å². The molecule has 0 unspecified atom stereocenters. The molecule has 1 fully saturated rings. The fourth-order valence-corrected chi connectivity index (χ4v) is 2.81. The predicted molar refractivity (Wildman–Crippen MR) is 95.2 cm³/mol. The third-order valence-electron chi connectivity index (χ3n) is 4.20. The maximum atomic E-state index is 4.61. The average molecular weight is 311 g/mol. The van der Waals surface area contributed by atoms with Gasteiger partial charge in [-0.2, -0.15) is 4.98 Å². The molecular formula is C18H25N5. The summed E-state index contributed by atoms with van der Waals surface area (Å²) in [5.41, 5.74) is 2.05. The van der Waals surface area contributed by atoms with E-state index in [-0.39, 0.29) is 0 Å². The van der Waals surface area contributed by atoms with Crippen LogP contribution in [0, 0.1) is 5.92 Å². The van der Waals surface area contributed by atoms with E-state index in [4.69, 9.17) is 0 Å². The molecule has 3 rings (SSSR count). The molecule has 23 heavy (non-hydrogen) atoms. The summed E-state index contributed by atoms with van der Waals surface area (Å²) in [4.78, 5) is 9.18. The number of aryl methyl sites for hydroxylation is 1. The zero-order valence-corrected chi connectivity index (χ0v) is 13.7. The van der Waals surface area contributed by atoms with Gasteiger partial charge in [0.15, 0.2) is 0 Å². The number of aromatic nitrogens is 2. The minimum atomic E-state index is 0.656. The van der Waals surface area contributed by atoms with Crippen molar-refractivity contribution in [1.82, 2.24) is 15.3 Å². The van der Waals surface area contributed by atoms with Crippen molar-refractivity contribution in [1.29, 1.82) is 0 Å². The van der Waals surface area contributed by atoms with Gasteiger partial charge in [-0.25, -0.2) is 4.98 Å². The fourth-order valence-electron chi connectivity index (χ4n) is 2.81. The predicted octanol–water partition coefficient (Wildman–Crippen LogP) is 3.19. The van der Waals surface area contributed by atoms with E-state index in [1.807, 2.05) is 30.3 Å². The minimum Gasteiger partial charge on any atom is -0.370 e. The number of rotatable bonds is 6. The Morgan fingerprint density at radius 1 is 1.13 bits per heavy atom. The number of para-hydroxylation sites is 1. The molecule has 0 amide bonds. The molecule has 122 valence electrons. The molecule has 0 radical (unpaired) electrons. The van der Waals surface area contributed by atoms with Crippen molar-refractivity contribution >= 4 is 17.5 Å². The summed E-state index contributed by atoms with van der Waals surface area (Å²) in [6.45, 7) is 5.34. The van der Waals surface area contributed by atoms with Crippen molar-refractivity contribution in [3.8, 4) is 0 Å². The molecule has 0 atom stereocenters. The lowest BCUT2D eigenvalue weighted by Crippen LogP contribution is -2.31. The van der Waals surface area contributed by atoms with Crippen LogP contribution < -0.4 is 16.0 Å². The number of nitrogens with one attached hydrogen (secondary N) is 3. The van der Waals surface area contributed by atoms with Crippen molar-refractivity contribution < 1.29 is 0 Å². The average Bonchev–Trinajstić information content (AvgIpc) is 2.61. The summed E-state index contributed by atoms with van der Waals surface area (Å²) in [7, 11) is 0. The van der Waals surface area contributed by atoms with Gasteiger partial charge in [-0.15, -0.1) is 0 Å². The molecule has 1 aliphatic rings. The molecule has 2 heterocycles. The largest absolute Gasteiger partial charge is 0.370 e. The van der Waals surface area contributed by atoms with Crippen molar-refractivity contribution in [3.63, 3.8) is 0 Å². The first-order valence-electron chi connectivity index (χ1n) is 8.48. The third kappa shape index (κ3) is 4.66. The molecule has 5 nitrogen and oxygen atoms in total. The number of nitrogens with zero attached hydrogens (tertiary/aromatic N) is 2. The van der Waals surface area contributed by atoms with Crippen LogP contribution >= 0.6 is 0 Å². The summed E-state index contributed by atoms with van der Waals surface area (Å²) in [6.07, 6.45) is 3.36.